The molecular formula is C65H125NO5. The number of rotatable bonds is 60. The monoisotopic (exact) mass is 1000 g/mol. The Balaban J connectivity index is 3.45. The van der Waals surface area contributed by atoms with Gasteiger partial charge >= 0.3 is 5.97 Å². The molecule has 0 aromatic carbocycles. The van der Waals surface area contributed by atoms with Gasteiger partial charge in [-0.1, -0.05) is 308 Å². The molecule has 0 saturated carbocycles. The molecule has 2 atom stereocenters. The molecule has 1 amide bonds. The molecule has 0 aliphatic heterocycles. The zero-order valence-electron chi connectivity index (χ0n) is 48.0. The van der Waals surface area contributed by atoms with Crippen molar-refractivity contribution in [1.29, 1.82) is 0 Å². The van der Waals surface area contributed by atoms with Crippen molar-refractivity contribution in [3.63, 3.8) is 0 Å². The normalized spacial score (nSPS) is 12.7. The maximum Gasteiger partial charge on any atom is 0.305 e. The van der Waals surface area contributed by atoms with Crippen LogP contribution in [-0.2, 0) is 14.3 Å². The van der Waals surface area contributed by atoms with Crippen LogP contribution in [0.5, 0.6) is 0 Å². The van der Waals surface area contributed by atoms with Crippen LogP contribution in [0.4, 0.5) is 0 Å². The molecule has 2 unspecified atom stereocenters. The van der Waals surface area contributed by atoms with E-state index in [0.29, 0.717) is 19.4 Å². The highest BCUT2D eigenvalue weighted by Gasteiger charge is 2.18. The maximum absolute atomic E-state index is 12.5. The molecule has 3 N–H and O–H groups in total. The number of carbonyl (C=O) groups is 2. The summed E-state index contributed by atoms with van der Waals surface area (Å²) in [4.78, 5) is 24.6. The fraction of sp³-hybridized carbons (Fsp3) is 0.908. The number of nitrogens with one attached hydrogen (secondary N) is 1. The van der Waals surface area contributed by atoms with Crippen LogP contribution >= 0.6 is 0 Å². The molecule has 0 saturated heterocycles. The lowest BCUT2D eigenvalue weighted by Gasteiger charge is -2.20. The van der Waals surface area contributed by atoms with Crippen LogP contribution in [0.15, 0.2) is 24.3 Å². The van der Waals surface area contributed by atoms with E-state index in [-0.39, 0.29) is 18.5 Å². The van der Waals surface area contributed by atoms with Gasteiger partial charge in [-0.15, -0.1) is 0 Å². The van der Waals surface area contributed by atoms with Crippen molar-refractivity contribution in [2.45, 2.75) is 366 Å². The number of unbranched alkanes of at least 4 members (excludes halogenated alkanes) is 47. The highest BCUT2D eigenvalue weighted by atomic mass is 16.5. The number of hydrogen-bond acceptors (Lipinski definition) is 5. The summed E-state index contributed by atoms with van der Waals surface area (Å²) >= 11 is 0. The fourth-order valence-corrected chi connectivity index (χ4v) is 10.0. The van der Waals surface area contributed by atoms with E-state index in [1.165, 1.54) is 283 Å². The Bertz CT molecular complexity index is 1110. The highest BCUT2D eigenvalue weighted by Crippen LogP contribution is 2.18. The predicted molar refractivity (Wildman–Crippen MR) is 310 cm³/mol. The van der Waals surface area contributed by atoms with E-state index in [1.54, 1.807) is 6.08 Å². The van der Waals surface area contributed by atoms with Gasteiger partial charge in [0.1, 0.15) is 0 Å². The Kier molecular flexibility index (Phi) is 59.5. The van der Waals surface area contributed by atoms with Crippen molar-refractivity contribution in [2.75, 3.05) is 13.2 Å². The summed E-state index contributed by atoms with van der Waals surface area (Å²) in [7, 11) is 0. The van der Waals surface area contributed by atoms with E-state index in [2.05, 4.69) is 31.3 Å². The summed E-state index contributed by atoms with van der Waals surface area (Å²) in [5.41, 5.74) is 0. The quantitative estimate of drug-likeness (QED) is 0.0320. The fourth-order valence-electron chi connectivity index (χ4n) is 10.0. The third kappa shape index (κ3) is 57.5. The van der Waals surface area contributed by atoms with Gasteiger partial charge < -0.3 is 20.3 Å². The molecule has 0 aliphatic rings. The Morgan fingerprint density at radius 1 is 0.380 bits per heavy atom. The van der Waals surface area contributed by atoms with E-state index in [0.717, 1.165) is 44.9 Å². The molecule has 0 spiro atoms. The number of aliphatic hydroxyl groups excluding tert-OH is 2. The summed E-state index contributed by atoms with van der Waals surface area (Å²) in [5.74, 6) is -0.0674. The van der Waals surface area contributed by atoms with E-state index in [9.17, 15) is 19.8 Å². The number of aliphatic hydroxyl groups is 2. The Morgan fingerprint density at radius 3 is 1.00 bits per heavy atom. The molecule has 0 aliphatic carbocycles. The van der Waals surface area contributed by atoms with Gasteiger partial charge in [0.25, 0.3) is 0 Å². The Labute approximate surface area is 443 Å². The van der Waals surface area contributed by atoms with Crippen LogP contribution in [0, 0.1) is 0 Å². The highest BCUT2D eigenvalue weighted by molar-refractivity contribution is 5.76. The molecule has 0 rings (SSSR count). The van der Waals surface area contributed by atoms with Gasteiger partial charge in [0.15, 0.2) is 0 Å². The number of esters is 1. The van der Waals surface area contributed by atoms with Crippen molar-refractivity contribution in [3.05, 3.63) is 24.3 Å². The summed E-state index contributed by atoms with van der Waals surface area (Å²) in [6.45, 7) is 4.92. The predicted octanol–water partition coefficient (Wildman–Crippen LogP) is 20.2. The van der Waals surface area contributed by atoms with Gasteiger partial charge in [-0.05, 0) is 57.8 Å². The van der Waals surface area contributed by atoms with Gasteiger partial charge in [-0.25, -0.2) is 0 Å². The van der Waals surface area contributed by atoms with Crippen LogP contribution in [0.3, 0.4) is 0 Å². The third-order valence-electron chi connectivity index (χ3n) is 15.0. The number of ether oxygens (including phenoxy) is 1. The van der Waals surface area contributed by atoms with Crippen molar-refractivity contribution in [1.82, 2.24) is 5.32 Å². The first-order chi connectivity index (χ1) is 35.0. The van der Waals surface area contributed by atoms with Crippen molar-refractivity contribution < 1.29 is 24.5 Å². The number of allylic oxidation sites excluding steroid dienone is 3. The zero-order chi connectivity index (χ0) is 51.4. The summed E-state index contributed by atoms with van der Waals surface area (Å²) < 4.78 is 5.49. The molecule has 0 aromatic rings. The van der Waals surface area contributed by atoms with E-state index >= 15 is 0 Å². The SMILES string of the molecule is CCCCCCCCCCCCCCCCCCC/C=C/C(O)C(CO)NC(=O)CCCCCCCCC/C=C\CCCCCCCCCCOC(=O)CCCCCCCCCCCCCCCCCC. The molecule has 0 bridgehead atoms. The zero-order valence-corrected chi connectivity index (χ0v) is 48.0. The van der Waals surface area contributed by atoms with Gasteiger partial charge in [0.2, 0.25) is 5.91 Å². The lowest BCUT2D eigenvalue weighted by molar-refractivity contribution is -0.143. The second-order valence-electron chi connectivity index (χ2n) is 22.1. The van der Waals surface area contributed by atoms with Crippen LogP contribution in [0.2, 0.25) is 0 Å². The number of hydrogen-bond donors (Lipinski definition) is 3. The minimum Gasteiger partial charge on any atom is -0.466 e. The van der Waals surface area contributed by atoms with Gasteiger partial charge in [0.05, 0.1) is 25.4 Å². The second kappa shape index (κ2) is 60.9. The van der Waals surface area contributed by atoms with Gasteiger partial charge in [-0.3, -0.25) is 9.59 Å². The van der Waals surface area contributed by atoms with Crippen molar-refractivity contribution in [2.24, 2.45) is 0 Å². The molecule has 0 fully saturated rings. The van der Waals surface area contributed by atoms with Gasteiger partial charge in [-0.2, -0.15) is 0 Å². The molecule has 0 radical (unpaired) electrons. The lowest BCUT2D eigenvalue weighted by Crippen LogP contribution is -2.45. The Morgan fingerprint density at radius 2 is 0.662 bits per heavy atom. The molecule has 420 valence electrons. The average molecular weight is 1000 g/mol. The van der Waals surface area contributed by atoms with Crippen LogP contribution < -0.4 is 5.32 Å². The maximum atomic E-state index is 12.5. The first-order valence-electron chi connectivity index (χ1n) is 32.1. The topological polar surface area (TPSA) is 95.9 Å². The largest absolute Gasteiger partial charge is 0.466 e. The molecule has 71 heavy (non-hydrogen) atoms. The number of carbonyl (C=O) groups excluding carboxylic acids is 2. The lowest BCUT2D eigenvalue weighted by atomic mass is 10.0. The van der Waals surface area contributed by atoms with E-state index < -0.39 is 12.1 Å². The van der Waals surface area contributed by atoms with E-state index in [1.807, 2.05) is 6.08 Å². The molecular weight excluding hydrogens is 875 g/mol. The number of amides is 1. The molecule has 6 heteroatoms. The Hall–Kier alpha value is -1.66. The minimum atomic E-state index is -0.851. The first kappa shape index (κ1) is 69.3. The van der Waals surface area contributed by atoms with Gasteiger partial charge in [0, 0.05) is 12.8 Å². The summed E-state index contributed by atoms with van der Waals surface area (Å²) in [6.07, 6.45) is 75.0. The summed E-state index contributed by atoms with van der Waals surface area (Å²) in [5, 5.41) is 23.2. The second-order valence-corrected chi connectivity index (χ2v) is 22.1. The molecule has 6 nitrogen and oxygen atoms in total. The van der Waals surface area contributed by atoms with Crippen LogP contribution in [0.1, 0.15) is 354 Å². The third-order valence-corrected chi connectivity index (χ3v) is 15.0. The molecule has 0 aromatic heterocycles. The molecule has 0 heterocycles. The van der Waals surface area contributed by atoms with Crippen molar-refractivity contribution in [3.8, 4) is 0 Å². The smallest absolute Gasteiger partial charge is 0.305 e. The summed E-state index contributed by atoms with van der Waals surface area (Å²) in [6, 6.07) is -0.635. The average Bonchev–Trinajstić information content (AvgIpc) is 3.37. The van der Waals surface area contributed by atoms with E-state index in [4.69, 9.17) is 4.74 Å². The van der Waals surface area contributed by atoms with Crippen LogP contribution in [-0.4, -0.2) is 47.4 Å². The minimum absolute atomic E-state index is 0.00721. The first-order valence-corrected chi connectivity index (χ1v) is 32.1. The standard InChI is InChI=1S/C65H125NO5/c1-3-5-7-9-11-13-15-17-19-21-23-26-29-33-37-41-45-49-53-57-63(68)62(61-67)66-64(69)58-54-50-46-42-38-34-30-27-24-22-25-28-32-36-40-44-48-52-56-60-71-65(70)59-55-51-47-43-39-35-31-20-18-16-14-12-10-8-6-4-2/h22,24,53,57,62-63,67-68H,3-21,23,25-52,54-56,58-61H2,1-2H3,(H,66,69)/b24-22-,57-53+. The van der Waals surface area contributed by atoms with Crippen LogP contribution in [0.25, 0.3) is 0 Å². The van der Waals surface area contributed by atoms with Crippen molar-refractivity contribution >= 4 is 11.9 Å².